The smallest absolute Gasteiger partial charge is 0.392 e. The SMILES string of the molecule is CCC1Cc2cc(CO)ccc2CN1CC(F)(F)F. The normalized spacial score (nSPS) is 20.4. The van der Waals surface area contributed by atoms with E-state index in [4.69, 9.17) is 5.11 Å². The first-order valence-corrected chi connectivity index (χ1v) is 6.45. The maximum absolute atomic E-state index is 12.6. The van der Waals surface area contributed by atoms with Gasteiger partial charge in [0, 0.05) is 12.6 Å². The van der Waals surface area contributed by atoms with E-state index in [2.05, 4.69) is 0 Å². The van der Waals surface area contributed by atoms with Crippen LogP contribution >= 0.6 is 0 Å². The lowest BCUT2D eigenvalue weighted by molar-refractivity contribution is -0.153. The van der Waals surface area contributed by atoms with Crippen LogP contribution in [0.2, 0.25) is 0 Å². The molecule has 5 heteroatoms. The maximum atomic E-state index is 12.6. The number of rotatable bonds is 3. The van der Waals surface area contributed by atoms with Gasteiger partial charge >= 0.3 is 6.18 Å². The fourth-order valence-corrected chi connectivity index (χ4v) is 2.67. The molecule has 1 aliphatic heterocycles. The average Bonchev–Trinajstić information content (AvgIpc) is 2.35. The number of aliphatic hydroxyl groups is 1. The Labute approximate surface area is 110 Å². The summed E-state index contributed by atoms with van der Waals surface area (Å²) >= 11 is 0. The van der Waals surface area contributed by atoms with E-state index in [1.165, 1.54) is 4.90 Å². The molecule has 0 saturated carbocycles. The largest absolute Gasteiger partial charge is 0.401 e. The van der Waals surface area contributed by atoms with Crippen molar-refractivity contribution in [3.63, 3.8) is 0 Å². The summed E-state index contributed by atoms with van der Waals surface area (Å²) in [7, 11) is 0. The monoisotopic (exact) mass is 273 g/mol. The molecule has 1 unspecified atom stereocenters. The van der Waals surface area contributed by atoms with Crippen LogP contribution in [0.15, 0.2) is 18.2 Å². The second kappa shape index (κ2) is 5.51. The second-order valence-corrected chi connectivity index (χ2v) is 5.05. The zero-order chi connectivity index (χ0) is 14.0. The van der Waals surface area contributed by atoms with Gasteiger partial charge in [0.2, 0.25) is 0 Å². The zero-order valence-electron chi connectivity index (χ0n) is 10.9. The highest BCUT2D eigenvalue weighted by atomic mass is 19.4. The van der Waals surface area contributed by atoms with Crippen molar-refractivity contribution in [1.82, 2.24) is 4.90 Å². The molecule has 0 aromatic heterocycles. The van der Waals surface area contributed by atoms with Crippen LogP contribution in [0.25, 0.3) is 0 Å². The summed E-state index contributed by atoms with van der Waals surface area (Å²) in [5.41, 5.74) is 2.82. The minimum Gasteiger partial charge on any atom is -0.392 e. The summed E-state index contributed by atoms with van der Waals surface area (Å²) in [4.78, 5) is 1.50. The van der Waals surface area contributed by atoms with E-state index in [9.17, 15) is 13.2 Å². The van der Waals surface area contributed by atoms with Crippen LogP contribution in [-0.4, -0.2) is 28.8 Å². The molecule has 1 aromatic carbocycles. The lowest BCUT2D eigenvalue weighted by Gasteiger charge is -2.37. The third-order valence-electron chi connectivity index (χ3n) is 3.65. The maximum Gasteiger partial charge on any atom is 0.401 e. The second-order valence-electron chi connectivity index (χ2n) is 5.05. The van der Waals surface area contributed by atoms with Crippen LogP contribution in [-0.2, 0) is 19.6 Å². The molecule has 0 radical (unpaired) electrons. The van der Waals surface area contributed by atoms with Crippen molar-refractivity contribution in [1.29, 1.82) is 0 Å². The first-order valence-electron chi connectivity index (χ1n) is 6.45. The van der Waals surface area contributed by atoms with Crippen molar-refractivity contribution in [2.75, 3.05) is 6.54 Å². The van der Waals surface area contributed by atoms with Crippen LogP contribution in [0, 0.1) is 0 Å². The predicted molar refractivity (Wildman–Crippen MR) is 66.6 cm³/mol. The number of aliphatic hydroxyl groups excluding tert-OH is 1. The lowest BCUT2D eigenvalue weighted by atomic mass is 9.91. The molecule has 2 rings (SSSR count). The number of hydrogen-bond acceptors (Lipinski definition) is 2. The number of benzene rings is 1. The lowest BCUT2D eigenvalue weighted by Crippen LogP contribution is -2.44. The van der Waals surface area contributed by atoms with Crippen molar-refractivity contribution in [2.24, 2.45) is 0 Å². The highest BCUT2D eigenvalue weighted by Crippen LogP contribution is 2.29. The number of alkyl halides is 3. The molecule has 0 aliphatic carbocycles. The van der Waals surface area contributed by atoms with Crippen molar-refractivity contribution in [3.8, 4) is 0 Å². The molecule has 0 amide bonds. The van der Waals surface area contributed by atoms with E-state index in [1.54, 1.807) is 6.07 Å². The van der Waals surface area contributed by atoms with Gasteiger partial charge in [-0.25, -0.2) is 0 Å². The van der Waals surface area contributed by atoms with Gasteiger partial charge in [-0.2, -0.15) is 13.2 Å². The zero-order valence-corrected chi connectivity index (χ0v) is 10.9. The van der Waals surface area contributed by atoms with Gasteiger partial charge in [0.25, 0.3) is 0 Å². The van der Waals surface area contributed by atoms with Crippen LogP contribution in [0.3, 0.4) is 0 Å². The molecular weight excluding hydrogens is 255 g/mol. The van der Waals surface area contributed by atoms with Crippen molar-refractivity contribution in [2.45, 2.75) is 45.1 Å². The third kappa shape index (κ3) is 3.48. The Kier molecular flexibility index (Phi) is 4.16. The van der Waals surface area contributed by atoms with Crippen molar-refractivity contribution >= 4 is 0 Å². The summed E-state index contributed by atoms with van der Waals surface area (Å²) < 4.78 is 37.7. The quantitative estimate of drug-likeness (QED) is 0.915. The molecular formula is C14H18F3NO. The van der Waals surface area contributed by atoms with E-state index < -0.39 is 12.7 Å². The Morgan fingerprint density at radius 3 is 2.63 bits per heavy atom. The fraction of sp³-hybridized carbons (Fsp3) is 0.571. The molecule has 0 saturated heterocycles. The Morgan fingerprint density at radius 2 is 2.05 bits per heavy atom. The molecule has 0 bridgehead atoms. The van der Waals surface area contributed by atoms with Crippen LogP contribution in [0.5, 0.6) is 0 Å². The summed E-state index contributed by atoms with van der Waals surface area (Å²) in [6.07, 6.45) is -2.84. The summed E-state index contributed by atoms with van der Waals surface area (Å²) in [6, 6.07) is 5.43. The van der Waals surface area contributed by atoms with Crippen LogP contribution in [0.4, 0.5) is 13.2 Å². The molecule has 106 valence electrons. The molecule has 1 N–H and O–H groups in total. The van der Waals surface area contributed by atoms with E-state index in [1.807, 2.05) is 19.1 Å². The van der Waals surface area contributed by atoms with Crippen LogP contribution in [0.1, 0.15) is 30.0 Å². The van der Waals surface area contributed by atoms with E-state index in [0.717, 1.165) is 16.7 Å². The fourth-order valence-electron chi connectivity index (χ4n) is 2.67. The summed E-state index contributed by atoms with van der Waals surface area (Å²) in [5.74, 6) is 0. The number of halogens is 3. The number of hydrogen-bond donors (Lipinski definition) is 1. The molecule has 0 fully saturated rings. The highest BCUT2D eigenvalue weighted by Gasteiger charge is 2.35. The van der Waals surface area contributed by atoms with Gasteiger partial charge in [-0.3, -0.25) is 4.90 Å². The first-order chi connectivity index (χ1) is 8.93. The molecule has 1 aliphatic rings. The highest BCUT2D eigenvalue weighted by molar-refractivity contribution is 5.34. The average molecular weight is 273 g/mol. The van der Waals surface area contributed by atoms with Gasteiger partial charge in [-0.1, -0.05) is 25.1 Å². The standard InChI is InChI=1S/C14H18F3NO/c1-2-13-6-12-5-10(8-19)3-4-11(12)7-18(13)9-14(15,16)17/h3-5,13,19H,2,6-9H2,1H3. The Hall–Kier alpha value is -1.07. The van der Waals surface area contributed by atoms with E-state index in [-0.39, 0.29) is 12.6 Å². The third-order valence-corrected chi connectivity index (χ3v) is 3.65. The topological polar surface area (TPSA) is 23.5 Å². The van der Waals surface area contributed by atoms with Crippen molar-refractivity contribution < 1.29 is 18.3 Å². The first kappa shape index (κ1) is 14.3. The Morgan fingerprint density at radius 1 is 1.32 bits per heavy atom. The van der Waals surface area contributed by atoms with E-state index >= 15 is 0 Å². The van der Waals surface area contributed by atoms with Gasteiger partial charge in [-0.15, -0.1) is 0 Å². The molecule has 1 heterocycles. The Bertz CT molecular complexity index is 445. The number of fused-ring (bicyclic) bond motifs is 1. The molecule has 1 aromatic rings. The molecule has 19 heavy (non-hydrogen) atoms. The predicted octanol–water partition coefficient (Wildman–Crippen LogP) is 2.88. The number of nitrogens with zero attached hydrogens (tertiary/aromatic N) is 1. The van der Waals surface area contributed by atoms with Crippen molar-refractivity contribution in [3.05, 3.63) is 34.9 Å². The summed E-state index contributed by atoms with van der Waals surface area (Å²) in [5, 5.41) is 9.11. The Balaban J connectivity index is 2.22. The molecule has 2 nitrogen and oxygen atoms in total. The van der Waals surface area contributed by atoms with Gasteiger partial charge in [-0.05, 0) is 29.5 Å². The van der Waals surface area contributed by atoms with Gasteiger partial charge < -0.3 is 5.11 Å². The van der Waals surface area contributed by atoms with Gasteiger partial charge in [0.1, 0.15) is 0 Å². The molecule has 1 atom stereocenters. The molecule has 0 spiro atoms. The summed E-state index contributed by atoms with van der Waals surface area (Å²) in [6.45, 7) is 1.36. The van der Waals surface area contributed by atoms with E-state index in [0.29, 0.717) is 19.4 Å². The van der Waals surface area contributed by atoms with Gasteiger partial charge in [0.15, 0.2) is 0 Å². The van der Waals surface area contributed by atoms with Gasteiger partial charge in [0.05, 0.1) is 13.2 Å². The minimum atomic E-state index is -4.16. The minimum absolute atomic E-state index is 0.0314. The van der Waals surface area contributed by atoms with Crippen LogP contribution < -0.4 is 0 Å².